The van der Waals surface area contributed by atoms with Crippen LogP contribution in [0.5, 0.6) is 0 Å². The molecule has 0 amide bonds. The van der Waals surface area contributed by atoms with E-state index in [1.165, 1.54) is 44.9 Å². The quantitative estimate of drug-likeness (QED) is 0.546. The van der Waals surface area contributed by atoms with Crippen molar-refractivity contribution in [2.45, 2.75) is 76.9 Å². The summed E-state index contributed by atoms with van der Waals surface area (Å²) in [4.78, 5) is 10.9. The molecule has 0 aliphatic heterocycles. The fraction of sp³-hybridized carbons (Fsp3) is 0.929. The highest BCUT2D eigenvalue weighted by Gasteiger charge is 2.26. The minimum absolute atomic E-state index is 0.624. The van der Waals surface area contributed by atoms with E-state index in [4.69, 9.17) is 5.11 Å². The van der Waals surface area contributed by atoms with E-state index in [0.29, 0.717) is 0 Å². The summed E-state index contributed by atoms with van der Waals surface area (Å²) in [6.07, 6.45) is 10.4. The number of carboxylic acids is 1. The number of rotatable bonds is 11. The number of thioether (sulfide) groups is 1. The van der Waals surface area contributed by atoms with Gasteiger partial charge in [-0.15, -0.1) is 11.8 Å². The fourth-order valence-electron chi connectivity index (χ4n) is 1.63. The summed E-state index contributed by atoms with van der Waals surface area (Å²) >= 11 is 1.56. The second-order valence-electron chi connectivity index (χ2n) is 5.14. The molecule has 0 aliphatic rings. The van der Waals surface area contributed by atoms with Gasteiger partial charge in [-0.3, -0.25) is 4.79 Å². The van der Waals surface area contributed by atoms with Crippen LogP contribution in [0, 0.1) is 0 Å². The molecule has 0 atom stereocenters. The molecule has 0 radical (unpaired) electrons. The van der Waals surface area contributed by atoms with E-state index in [1.54, 1.807) is 25.6 Å². The fourth-order valence-corrected chi connectivity index (χ4v) is 2.61. The molecule has 0 aromatic rings. The molecule has 0 unspecified atom stereocenters. The van der Waals surface area contributed by atoms with Crippen LogP contribution in [-0.2, 0) is 4.79 Å². The molecular formula is C14H28O2S. The van der Waals surface area contributed by atoms with Crippen LogP contribution in [0.4, 0.5) is 0 Å². The predicted molar refractivity (Wildman–Crippen MR) is 76.8 cm³/mol. The number of carboxylic acid groups (broad SMARTS) is 1. The first-order valence-electron chi connectivity index (χ1n) is 6.88. The summed E-state index contributed by atoms with van der Waals surface area (Å²) in [7, 11) is 0. The van der Waals surface area contributed by atoms with Gasteiger partial charge in [0.2, 0.25) is 0 Å². The van der Waals surface area contributed by atoms with Crippen molar-refractivity contribution < 1.29 is 9.90 Å². The second-order valence-corrected chi connectivity index (χ2v) is 6.86. The van der Waals surface area contributed by atoms with Crippen LogP contribution in [0.25, 0.3) is 0 Å². The third kappa shape index (κ3) is 9.51. The Bertz CT molecular complexity index is 202. The van der Waals surface area contributed by atoms with E-state index in [1.807, 2.05) is 0 Å². The molecule has 0 aromatic carbocycles. The van der Waals surface area contributed by atoms with Crippen molar-refractivity contribution in [1.82, 2.24) is 0 Å². The van der Waals surface area contributed by atoms with Gasteiger partial charge in [0.15, 0.2) is 0 Å². The van der Waals surface area contributed by atoms with Crippen LogP contribution in [0.1, 0.15) is 72.1 Å². The molecule has 0 heterocycles. The van der Waals surface area contributed by atoms with Gasteiger partial charge in [-0.05, 0) is 26.0 Å². The minimum Gasteiger partial charge on any atom is -0.480 e. The van der Waals surface area contributed by atoms with Crippen LogP contribution in [0.15, 0.2) is 0 Å². The Labute approximate surface area is 111 Å². The number of hydrogen-bond acceptors (Lipinski definition) is 2. The van der Waals surface area contributed by atoms with Gasteiger partial charge in [0.05, 0.1) is 0 Å². The van der Waals surface area contributed by atoms with E-state index in [9.17, 15) is 4.79 Å². The van der Waals surface area contributed by atoms with E-state index in [2.05, 4.69) is 6.92 Å². The molecule has 0 rings (SSSR count). The Balaban J connectivity index is 3.27. The Hall–Kier alpha value is -0.180. The molecule has 0 saturated carbocycles. The van der Waals surface area contributed by atoms with Gasteiger partial charge in [-0.25, -0.2) is 0 Å². The molecule has 0 fully saturated rings. The van der Waals surface area contributed by atoms with Crippen molar-refractivity contribution in [3.63, 3.8) is 0 Å². The van der Waals surface area contributed by atoms with E-state index < -0.39 is 10.7 Å². The van der Waals surface area contributed by atoms with E-state index in [-0.39, 0.29) is 0 Å². The van der Waals surface area contributed by atoms with E-state index in [0.717, 1.165) is 12.2 Å². The van der Waals surface area contributed by atoms with Crippen LogP contribution >= 0.6 is 11.8 Å². The third-order valence-electron chi connectivity index (χ3n) is 2.98. The Morgan fingerprint density at radius 1 is 1.00 bits per heavy atom. The lowest BCUT2D eigenvalue weighted by molar-refractivity contribution is -0.138. The lowest BCUT2D eigenvalue weighted by atomic mass is 10.1. The molecule has 1 N–H and O–H groups in total. The summed E-state index contributed by atoms with van der Waals surface area (Å²) in [6, 6.07) is 0. The normalized spacial score (nSPS) is 11.7. The van der Waals surface area contributed by atoms with Crippen LogP contribution in [-0.4, -0.2) is 21.6 Å². The number of unbranched alkanes of at least 4 members (excludes halogenated alkanes) is 7. The molecule has 0 bridgehead atoms. The zero-order chi connectivity index (χ0) is 13.1. The maximum absolute atomic E-state index is 10.9. The Kier molecular flexibility index (Phi) is 9.71. The first-order valence-corrected chi connectivity index (χ1v) is 7.86. The molecule has 0 saturated heterocycles. The van der Waals surface area contributed by atoms with Gasteiger partial charge in [-0.1, -0.05) is 51.9 Å². The highest BCUT2D eigenvalue weighted by Crippen LogP contribution is 2.25. The lowest BCUT2D eigenvalue weighted by Gasteiger charge is -2.17. The van der Waals surface area contributed by atoms with Crippen molar-refractivity contribution in [2.24, 2.45) is 0 Å². The maximum atomic E-state index is 10.9. The minimum atomic E-state index is -0.706. The van der Waals surface area contributed by atoms with Gasteiger partial charge in [-0.2, -0.15) is 0 Å². The number of aliphatic carboxylic acids is 1. The molecule has 2 nitrogen and oxygen atoms in total. The van der Waals surface area contributed by atoms with Crippen molar-refractivity contribution in [2.75, 3.05) is 5.75 Å². The highest BCUT2D eigenvalue weighted by molar-refractivity contribution is 8.01. The van der Waals surface area contributed by atoms with Crippen molar-refractivity contribution >= 4 is 17.7 Å². The maximum Gasteiger partial charge on any atom is 0.319 e. The van der Waals surface area contributed by atoms with Crippen molar-refractivity contribution in [3.05, 3.63) is 0 Å². The lowest BCUT2D eigenvalue weighted by Crippen LogP contribution is -2.27. The zero-order valence-corrected chi connectivity index (χ0v) is 12.4. The Morgan fingerprint density at radius 2 is 1.47 bits per heavy atom. The summed E-state index contributed by atoms with van der Waals surface area (Å²) in [5, 5.41) is 8.94. The van der Waals surface area contributed by atoms with Crippen LogP contribution < -0.4 is 0 Å². The van der Waals surface area contributed by atoms with Crippen LogP contribution in [0.2, 0.25) is 0 Å². The van der Waals surface area contributed by atoms with Gasteiger partial charge in [0.1, 0.15) is 4.75 Å². The van der Waals surface area contributed by atoms with Crippen LogP contribution in [0.3, 0.4) is 0 Å². The SMILES string of the molecule is CCCCCCCCCCSC(C)(C)C(=O)O. The summed E-state index contributed by atoms with van der Waals surface area (Å²) < 4.78 is -0.624. The molecule has 17 heavy (non-hydrogen) atoms. The first kappa shape index (κ1) is 16.8. The van der Waals surface area contributed by atoms with Crippen molar-refractivity contribution in [3.8, 4) is 0 Å². The van der Waals surface area contributed by atoms with Gasteiger partial charge in [0.25, 0.3) is 0 Å². The number of hydrogen-bond donors (Lipinski definition) is 1. The van der Waals surface area contributed by atoms with Crippen molar-refractivity contribution in [1.29, 1.82) is 0 Å². The molecule has 0 aliphatic carbocycles. The molecule has 0 spiro atoms. The Morgan fingerprint density at radius 3 is 1.94 bits per heavy atom. The molecule has 3 heteroatoms. The largest absolute Gasteiger partial charge is 0.480 e. The first-order chi connectivity index (χ1) is 8.00. The van der Waals surface area contributed by atoms with Gasteiger partial charge in [0, 0.05) is 0 Å². The van der Waals surface area contributed by atoms with Gasteiger partial charge < -0.3 is 5.11 Å². The molecular weight excluding hydrogens is 232 g/mol. The summed E-state index contributed by atoms with van der Waals surface area (Å²) in [5.74, 6) is 0.260. The van der Waals surface area contributed by atoms with Gasteiger partial charge >= 0.3 is 5.97 Å². The average molecular weight is 260 g/mol. The summed E-state index contributed by atoms with van der Waals surface area (Å²) in [5.41, 5.74) is 0. The number of carbonyl (C=O) groups is 1. The topological polar surface area (TPSA) is 37.3 Å². The van der Waals surface area contributed by atoms with E-state index >= 15 is 0 Å². The standard InChI is InChI=1S/C14H28O2S/c1-4-5-6-7-8-9-10-11-12-17-14(2,3)13(15)16/h4-12H2,1-3H3,(H,15,16). The average Bonchev–Trinajstić information content (AvgIpc) is 2.26. The summed E-state index contributed by atoms with van der Waals surface area (Å²) in [6.45, 7) is 5.80. The monoisotopic (exact) mass is 260 g/mol. The zero-order valence-electron chi connectivity index (χ0n) is 11.6. The molecule has 102 valence electrons. The highest BCUT2D eigenvalue weighted by atomic mass is 32.2. The second kappa shape index (κ2) is 9.81. The molecule has 0 aromatic heterocycles. The smallest absolute Gasteiger partial charge is 0.319 e. The third-order valence-corrected chi connectivity index (χ3v) is 4.36. The predicted octanol–water partition coefficient (Wildman–Crippen LogP) is 4.72.